The first kappa shape index (κ1) is 23.4. The molecule has 0 bridgehead atoms. The number of rotatable bonds is 4. The summed E-state index contributed by atoms with van der Waals surface area (Å²) in [5.74, 6) is 0.621. The van der Waals surface area contributed by atoms with Gasteiger partial charge >= 0.3 is 6.18 Å². The molecule has 0 radical (unpaired) electrons. The lowest BCUT2D eigenvalue weighted by molar-refractivity contribution is -0.137. The monoisotopic (exact) mass is 468 g/mol. The largest absolute Gasteiger partial charge is 0.507 e. The summed E-state index contributed by atoms with van der Waals surface area (Å²) >= 11 is 6.17. The van der Waals surface area contributed by atoms with E-state index in [9.17, 15) is 18.3 Å². The Bertz CT molecular complexity index is 974. The van der Waals surface area contributed by atoms with Gasteiger partial charge in [-0.1, -0.05) is 23.7 Å². The summed E-state index contributed by atoms with van der Waals surface area (Å²) in [5.41, 5.74) is 8.50. The van der Waals surface area contributed by atoms with Crippen molar-refractivity contribution >= 4 is 11.6 Å². The number of piperidine rings is 1. The molecule has 8 heteroatoms. The Labute approximate surface area is 191 Å². The van der Waals surface area contributed by atoms with Gasteiger partial charge in [-0.15, -0.1) is 0 Å². The number of ether oxygens (including phenoxy) is 1. The first-order valence-corrected chi connectivity index (χ1v) is 11.3. The van der Waals surface area contributed by atoms with E-state index in [1.165, 1.54) is 6.07 Å². The summed E-state index contributed by atoms with van der Waals surface area (Å²) in [6.07, 6.45) is -2.30. The predicted molar refractivity (Wildman–Crippen MR) is 118 cm³/mol. The average molecular weight is 469 g/mol. The Kier molecular flexibility index (Phi) is 6.73. The number of aryl methyl sites for hydroxylation is 1. The number of hydrogen-bond acceptors (Lipinski definition) is 4. The molecule has 2 aliphatic heterocycles. The number of phenols is 1. The van der Waals surface area contributed by atoms with Crippen molar-refractivity contribution in [2.45, 2.75) is 51.1 Å². The second kappa shape index (κ2) is 9.21. The fourth-order valence-corrected chi connectivity index (χ4v) is 5.05. The minimum absolute atomic E-state index is 0.0388. The molecule has 4 rings (SSSR count). The number of hydrogen-bond donors (Lipinski definition) is 2. The van der Waals surface area contributed by atoms with Gasteiger partial charge in [0, 0.05) is 30.1 Å². The first-order chi connectivity index (χ1) is 15.2. The maximum atomic E-state index is 13.1. The van der Waals surface area contributed by atoms with Gasteiger partial charge in [-0.2, -0.15) is 13.2 Å². The fourth-order valence-electron chi connectivity index (χ4n) is 4.88. The number of fused-ring (bicyclic) bond motifs is 1. The lowest BCUT2D eigenvalue weighted by atomic mass is 9.83. The molecule has 2 aromatic carbocycles. The first-order valence-electron chi connectivity index (χ1n) is 10.9. The Hall–Kier alpha value is -1.80. The van der Waals surface area contributed by atoms with Gasteiger partial charge in [0.2, 0.25) is 0 Å². The van der Waals surface area contributed by atoms with Gasteiger partial charge in [-0.3, -0.25) is 4.90 Å². The van der Waals surface area contributed by atoms with Gasteiger partial charge in [0.25, 0.3) is 0 Å². The third kappa shape index (κ3) is 4.76. The van der Waals surface area contributed by atoms with Crippen LogP contribution in [0.15, 0.2) is 30.3 Å². The van der Waals surface area contributed by atoms with Crippen LogP contribution >= 0.6 is 11.6 Å². The third-order valence-electron chi connectivity index (χ3n) is 6.75. The Morgan fingerprint density at radius 3 is 2.56 bits per heavy atom. The molecule has 0 saturated carbocycles. The molecule has 2 unspecified atom stereocenters. The quantitative estimate of drug-likeness (QED) is 0.645. The summed E-state index contributed by atoms with van der Waals surface area (Å²) in [4.78, 5) is 2.14. The second-order valence-corrected chi connectivity index (χ2v) is 9.23. The Balaban J connectivity index is 1.42. The molecular weight excluding hydrogens is 441 g/mol. The second-order valence-electron chi connectivity index (χ2n) is 8.82. The van der Waals surface area contributed by atoms with Crippen LogP contribution in [-0.2, 0) is 23.9 Å². The smallest absolute Gasteiger partial charge is 0.416 e. The molecule has 2 heterocycles. The lowest BCUT2D eigenvalue weighted by Gasteiger charge is -2.40. The molecule has 2 aliphatic rings. The van der Waals surface area contributed by atoms with E-state index in [0.29, 0.717) is 41.8 Å². The summed E-state index contributed by atoms with van der Waals surface area (Å²) in [7, 11) is 0. The van der Waals surface area contributed by atoms with Crippen LogP contribution < -0.4 is 5.73 Å². The molecule has 0 aromatic heterocycles. The van der Waals surface area contributed by atoms with Gasteiger partial charge in [-0.05, 0) is 73.7 Å². The van der Waals surface area contributed by atoms with E-state index < -0.39 is 11.7 Å². The van der Waals surface area contributed by atoms with Crippen molar-refractivity contribution in [3.05, 3.63) is 63.2 Å². The molecule has 1 fully saturated rings. The zero-order valence-electron chi connectivity index (χ0n) is 18.0. The minimum atomic E-state index is -4.38. The number of nitrogens with two attached hydrogens (primary N) is 1. The molecule has 0 aliphatic carbocycles. The van der Waals surface area contributed by atoms with Crippen molar-refractivity contribution < 1.29 is 23.0 Å². The van der Waals surface area contributed by atoms with Crippen molar-refractivity contribution in [2.75, 3.05) is 19.6 Å². The molecule has 174 valence electrons. The van der Waals surface area contributed by atoms with E-state index in [1.807, 2.05) is 19.1 Å². The highest BCUT2D eigenvalue weighted by atomic mass is 35.5. The number of alkyl halides is 3. The standard InChI is InChI=1S/C24H28ClF3N2O2/c1-14-2-4-18-19(23(14)31)11-21(32-22(18)12-29)15-6-8-30(9-7-15)13-16-10-17(24(26,27)28)3-5-20(16)25/h2-5,10,15,21-22,31H,6-9,11-13,29H2,1H3. The highest BCUT2D eigenvalue weighted by Gasteiger charge is 2.36. The number of likely N-dealkylation sites (tertiary alicyclic amines) is 1. The van der Waals surface area contributed by atoms with E-state index in [1.54, 1.807) is 0 Å². The van der Waals surface area contributed by atoms with E-state index in [2.05, 4.69) is 4.90 Å². The minimum Gasteiger partial charge on any atom is -0.507 e. The highest BCUT2D eigenvalue weighted by Crippen LogP contribution is 2.40. The summed E-state index contributed by atoms with van der Waals surface area (Å²) in [5, 5.41) is 10.9. The van der Waals surface area contributed by atoms with Crippen LogP contribution in [-0.4, -0.2) is 35.7 Å². The highest BCUT2D eigenvalue weighted by molar-refractivity contribution is 6.31. The normalized spacial score (nSPS) is 22.7. The number of phenolic OH excluding ortho intramolecular Hbond substituents is 1. The number of nitrogens with zero attached hydrogens (tertiary/aromatic N) is 1. The maximum absolute atomic E-state index is 13.1. The molecule has 32 heavy (non-hydrogen) atoms. The molecule has 0 amide bonds. The van der Waals surface area contributed by atoms with Crippen LogP contribution in [0.2, 0.25) is 5.02 Å². The zero-order chi connectivity index (χ0) is 23.0. The molecule has 1 saturated heterocycles. The Morgan fingerprint density at radius 2 is 1.91 bits per heavy atom. The molecule has 0 spiro atoms. The average Bonchev–Trinajstić information content (AvgIpc) is 2.77. The fraction of sp³-hybridized carbons (Fsp3) is 0.500. The van der Waals surface area contributed by atoms with Crippen LogP contribution in [0, 0.1) is 12.8 Å². The zero-order valence-corrected chi connectivity index (χ0v) is 18.7. The van der Waals surface area contributed by atoms with E-state index in [0.717, 1.165) is 54.8 Å². The van der Waals surface area contributed by atoms with Gasteiger partial charge in [0.15, 0.2) is 0 Å². The molecular formula is C24H28ClF3N2O2. The topological polar surface area (TPSA) is 58.7 Å². The van der Waals surface area contributed by atoms with Gasteiger partial charge in [0.1, 0.15) is 5.75 Å². The van der Waals surface area contributed by atoms with E-state index >= 15 is 0 Å². The van der Waals surface area contributed by atoms with Gasteiger partial charge in [0.05, 0.1) is 17.8 Å². The van der Waals surface area contributed by atoms with Crippen molar-refractivity contribution in [1.82, 2.24) is 4.90 Å². The van der Waals surface area contributed by atoms with Crippen molar-refractivity contribution in [1.29, 1.82) is 0 Å². The van der Waals surface area contributed by atoms with Crippen molar-refractivity contribution in [3.8, 4) is 5.75 Å². The van der Waals surface area contributed by atoms with Crippen molar-refractivity contribution in [2.24, 2.45) is 11.7 Å². The SMILES string of the molecule is Cc1ccc2c(c1O)CC(C1CCN(Cc3cc(C(F)(F)F)ccc3Cl)CC1)OC2CN. The summed E-state index contributed by atoms with van der Waals surface area (Å²) in [6.45, 7) is 4.11. The molecule has 2 aromatic rings. The van der Waals surface area contributed by atoms with E-state index in [4.69, 9.17) is 22.1 Å². The van der Waals surface area contributed by atoms with Crippen LogP contribution in [0.1, 0.15) is 46.8 Å². The van der Waals surface area contributed by atoms with Crippen LogP contribution in [0.5, 0.6) is 5.75 Å². The van der Waals surface area contributed by atoms with Crippen LogP contribution in [0.25, 0.3) is 0 Å². The molecule has 2 atom stereocenters. The summed E-state index contributed by atoms with van der Waals surface area (Å²) < 4.78 is 45.5. The molecule has 3 N–H and O–H groups in total. The van der Waals surface area contributed by atoms with E-state index in [-0.39, 0.29) is 12.2 Å². The number of halogens is 4. The predicted octanol–water partition coefficient (Wildman–Crippen LogP) is 5.23. The van der Waals surface area contributed by atoms with Crippen LogP contribution in [0.4, 0.5) is 13.2 Å². The number of aromatic hydroxyl groups is 1. The van der Waals surface area contributed by atoms with Gasteiger partial charge in [-0.25, -0.2) is 0 Å². The Morgan fingerprint density at radius 1 is 1.19 bits per heavy atom. The number of benzene rings is 2. The lowest BCUT2D eigenvalue weighted by Crippen LogP contribution is -2.42. The summed E-state index contributed by atoms with van der Waals surface area (Å²) in [6, 6.07) is 7.35. The third-order valence-corrected chi connectivity index (χ3v) is 7.12. The van der Waals surface area contributed by atoms with Gasteiger partial charge < -0.3 is 15.6 Å². The maximum Gasteiger partial charge on any atom is 0.416 e. The van der Waals surface area contributed by atoms with Crippen LogP contribution in [0.3, 0.4) is 0 Å². The van der Waals surface area contributed by atoms with Crippen molar-refractivity contribution in [3.63, 3.8) is 0 Å². The molecule has 4 nitrogen and oxygen atoms in total.